The maximum Gasteiger partial charge on any atom is 0.171 e. The van der Waals surface area contributed by atoms with Gasteiger partial charge in [0, 0.05) is 32.1 Å². The molecule has 1 unspecified atom stereocenters. The van der Waals surface area contributed by atoms with E-state index in [9.17, 15) is 0 Å². The van der Waals surface area contributed by atoms with Gasteiger partial charge in [0.2, 0.25) is 0 Å². The number of aromatic nitrogens is 2. The van der Waals surface area contributed by atoms with Gasteiger partial charge in [0.15, 0.2) is 11.0 Å². The normalized spacial score (nSPS) is 21.7. The molecule has 0 aliphatic carbocycles. The van der Waals surface area contributed by atoms with Crippen LogP contribution in [0.4, 0.5) is 5.82 Å². The molecule has 1 N–H and O–H groups in total. The van der Waals surface area contributed by atoms with E-state index in [1.807, 2.05) is 0 Å². The van der Waals surface area contributed by atoms with Gasteiger partial charge in [0.1, 0.15) is 0 Å². The highest BCUT2D eigenvalue weighted by molar-refractivity contribution is 6.31. The third-order valence-electron chi connectivity index (χ3n) is 2.71. The van der Waals surface area contributed by atoms with Gasteiger partial charge in [-0.05, 0) is 18.8 Å². The minimum atomic E-state index is 0.231. The molecule has 0 aromatic carbocycles. The lowest BCUT2D eigenvalue weighted by atomic mass is 9.99. The van der Waals surface area contributed by atoms with E-state index in [2.05, 4.69) is 14.9 Å². The molecule has 1 aliphatic heterocycles. The first-order chi connectivity index (χ1) is 7.31. The number of nitrogens with zero attached hydrogens (tertiary/aromatic N) is 3. The van der Waals surface area contributed by atoms with Crippen molar-refractivity contribution in [1.29, 1.82) is 0 Å². The maximum absolute atomic E-state index is 9.13. The first kappa shape index (κ1) is 10.6. The summed E-state index contributed by atoms with van der Waals surface area (Å²) in [5, 5.41) is 9.57. The van der Waals surface area contributed by atoms with Gasteiger partial charge >= 0.3 is 0 Å². The van der Waals surface area contributed by atoms with E-state index < -0.39 is 0 Å². The van der Waals surface area contributed by atoms with Crippen molar-refractivity contribution in [1.82, 2.24) is 9.97 Å². The van der Waals surface area contributed by atoms with Crippen LogP contribution in [0.5, 0.6) is 0 Å². The van der Waals surface area contributed by atoms with Crippen molar-refractivity contribution in [2.75, 3.05) is 24.6 Å². The molecular weight excluding hydrogens is 214 g/mol. The largest absolute Gasteiger partial charge is 0.396 e. The van der Waals surface area contributed by atoms with Crippen LogP contribution in [0.25, 0.3) is 0 Å². The smallest absolute Gasteiger partial charge is 0.171 e. The third-order valence-corrected chi connectivity index (χ3v) is 2.98. The van der Waals surface area contributed by atoms with E-state index in [1.165, 1.54) is 0 Å². The van der Waals surface area contributed by atoms with Crippen LogP contribution in [0.3, 0.4) is 0 Å². The molecule has 1 saturated heterocycles. The lowest BCUT2D eigenvalue weighted by Crippen LogP contribution is -2.37. The molecule has 2 rings (SSSR count). The lowest BCUT2D eigenvalue weighted by molar-refractivity contribution is 0.208. The first-order valence-corrected chi connectivity index (χ1v) is 5.51. The Labute approximate surface area is 93.9 Å². The summed E-state index contributed by atoms with van der Waals surface area (Å²) in [7, 11) is 0. The fourth-order valence-electron chi connectivity index (χ4n) is 1.93. The van der Waals surface area contributed by atoms with Gasteiger partial charge in [-0.15, -0.1) is 0 Å². The summed E-state index contributed by atoms with van der Waals surface area (Å²) in [4.78, 5) is 10.3. The molecule has 5 heteroatoms. The van der Waals surface area contributed by atoms with E-state index in [1.54, 1.807) is 12.4 Å². The molecule has 1 aromatic heterocycles. The lowest BCUT2D eigenvalue weighted by Gasteiger charge is -2.32. The summed E-state index contributed by atoms with van der Waals surface area (Å²) in [6.07, 6.45) is 5.37. The van der Waals surface area contributed by atoms with Crippen LogP contribution in [0, 0.1) is 5.92 Å². The number of hydrogen-bond donors (Lipinski definition) is 1. The van der Waals surface area contributed by atoms with Crippen LogP contribution in [-0.4, -0.2) is 34.8 Å². The summed E-state index contributed by atoms with van der Waals surface area (Å²) in [6.45, 7) is 1.98. The second-order valence-corrected chi connectivity index (χ2v) is 4.17. The number of hydrogen-bond acceptors (Lipinski definition) is 4. The number of aliphatic hydroxyl groups is 1. The molecule has 15 heavy (non-hydrogen) atoms. The Morgan fingerprint density at radius 1 is 1.47 bits per heavy atom. The van der Waals surface area contributed by atoms with Gasteiger partial charge < -0.3 is 10.0 Å². The predicted octanol–water partition coefficient (Wildman–Crippen LogP) is 1.34. The van der Waals surface area contributed by atoms with Crippen LogP contribution in [-0.2, 0) is 0 Å². The summed E-state index contributed by atoms with van der Waals surface area (Å²) >= 11 is 5.97. The van der Waals surface area contributed by atoms with E-state index in [0.29, 0.717) is 11.1 Å². The molecule has 4 nitrogen and oxygen atoms in total. The Morgan fingerprint density at radius 3 is 3.00 bits per heavy atom. The SMILES string of the molecule is OCC1CCCN(c2nccnc2Cl)C1. The van der Waals surface area contributed by atoms with Crippen molar-refractivity contribution in [3.05, 3.63) is 17.5 Å². The zero-order valence-electron chi connectivity index (χ0n) is 8.43. The maximum atomic E-state index is 9.13. The number of halogens is 1. The average Bonchev–Trinajstić information content (AvgIpc) is 2.30. The molecule has 1 aromatic rings. The van der Waals surface area contributed by atoms with Crippen LogP contribution in [0.15, 0.2) is 12.4 Å². The zero-order valence-corrected chi connectivity index (χ0v) is 9.19. The van der Waals surface area contributed by atoms with Crippen molar-refractivity contribution in [2.45, 2.75) is 12.8 Å². The molecule has 82 valence electrons. The minimum absolute atomic E-state index is 0.231. The molecule has 2 heterocycles. The Balaban J connectivity index is 2.13. The number of aliphatic hydroxyl groups excluding tert-OH is 1. The highest BCUT2D eigenvalue weighted by Crippen LogP contribution is 2.25. The highest BCUT2D eigenvalue weighted by Gasteiger charge is 2.21. The van der Waals surface area contributed by atoms with Gasteiger partial charge in [-0.25, -0.2) is 9.97 Å². The van der Waals surface area contributed by atoms with Crippen molar-refractivity contribution in [3.63, 3.8) is 0 Å². The Morgan fingerprint density at radius 2 is 2.27 bits per heavy atom. The average molecular weight is 228 g/mol. The van der Waals surface area contributed by atoms with Crippen LogP contribution < -0.4 is 4.90 Å². The number of rotatable bonds is 2. The highest BCUT2D eigenvalue weighted by atomic mass is 35.5. The van der Waals surface area contributed by atoms with Crippen molar-refractivity contribution >= 4 is 17.4 Å². The molecule has 1 fully saturated rings. The second-order valence-electron chi connectivity index (χ2n) is 3.81. The Kier molecular flexibility index (Phi) is 3.38. The zero-order chi connectivity index (χ0) is 10.7. The van der Waals surface area contributed by atoms with Crippen LogP contribution in [0.1, 0.15) is 12.8 Å². The van der Waals surface area contributed by atoms with Crippen molar-refractivity contribution < 1.29 is 5.11 Å². The molecule has 0 radical (unpaired) electrons. The monoisotopic (exact) mass is 227 g/mol. The predicted molar refractivity (Wildman–Crippen MR) is 59.1 cm³/mol. The topological polar surface area (TPSA) is 49.2 Å². The summed E-state index contributed by atoms with van der Waals surface area (Å²) < 4.78 is 0. The Hall–Kier alpha value is -0.870. The van der Waals surface area contributed by atoms with Gasteiger partial charge in [-0.2, -0.15) is 0 Å². The van der Waals surface area contributed by atoms with E-state index in [4.69, 9.17) is 16.7 Å². The van der Waals surface area contributed by atoms with E-state index in [0.717, 1.165) is 31.7 Å². The van der Waals surface area contributed by atoms with E-state index in [-0.39, 0.29) is 6.61 Å². The van der Waals surface area contributed by atoms with Gasteiger partial charge in [-0.3, -0.25) is 0 Å². The number of piperidine rings is 1. The molecule has 0 spiro atoms. The minimum Gasteiger partial charge on any atom is -0.396 e. The summed E-state index contributed by atoms with van der Waals surface area (Å²) in [5.41, 5.74) is 0. The second kappa shape index (κ2) is 4.77. The number of anilines is 1. The van der Waals surface area contributed by atoms with Gasteiger partial charge in [-0.1, -0.05) is 11.6 Å². The molecule has 1 aliphatic rings. The summed E-state index contributed by atoms with van der Waals surface area (Å²) in [5.74, 6) is 1.06. The molecular formula is C10H14ClN3O. The van der Waals surface area contributed by atoms with Gasteiger partial charge in [0.05, 0.1) is 0 Å². The standard InChI is InChI=1S/C10H14ClN3O/c11-9-10(13-4-3-12-9)14-5-1-2-8(6-14)7-15/h3-4,8,15H,1-2,5-7H2. The quantitative estimate of drug-likeness (QED) is 0.829. The van der Waals surface area contributed by atoms with Crippen LogP contribution >= 0.6 is 11.6 Å². The van der Waals surface area contributed by atoms with Crippen LogP contribution in [0.2, 0.25) is 5.15 Å². The van der Waals surface area contributed by atoms with E-state index >= 15 is 0 Å². The summed E-state index contributed by atoms with van der Waals surface area (Å²) in [6, 6.07) is 0. The fraction of sp³-hybridized carbons (Fsp3) is 0.600. The first-order valence-electron chi connectivity index (χ1n) is 5.13. The van der Waals surface area contributed by atoms with Gasteiger partial charge in [0.25, 0.3) is 0 Å². The molecule has 0 amide bonds. The third kappa shape index (κ3) is 2.38. The molecule has 0 bridgehead atoms. The van der Waals surface area contributed by atoms with Crippen molar-refractivity contribution in [3.8, 4) is 0 Å². The molecule has 0 saturated carbocycles. The fourth-order valence-corrected chi connectivity index (χ4v) is 2.16. The Bertz CT molecular complexity index is 334. The molecule has 1 atom stereocenters. The van der Waals surface area contributed by atoms with Crippen molar-refractivity contribution in [2.24, 2.45) is 5.92 Å².